The molecule has 27 heavy (non-hydrogen) atoms. The number of halogens is 2. The SMILES string of the molecule is COc1cc(C=NN=C2NC(=O)CS2)ccc1OCc1ccc(Cl)c(Cl)c1. The van der Waals surface area contributed by atoms with Gasteiger partial charge in [-0.3, -0.25) is 4.79 Å². The van der Waals surface area contributed by atoms with E-state index in [0.717, 1.165) is 11.1 Å². The van der Waals surface area contributed by atoms with Crippen molar-refractivity contribution in [2.45, 2.75) is 6.61 Å². The van der Waals surface area contributed by atoms with Gasteiger partial charge in [-0.2, -0.15) is 5.10 Å². The van der Waals surface area contributed by atoms with Crippen LogP contribution in [0.3, 0.4) is 0 Å². The van der Waals surface area contributed by atoms with Gasteiger partial charge in [0, 0.05) is 0 Å². The van der Waals surface area contributed by atoms with Gasteiger partial charge in [0.1, 0.15) is 6.61 Å². The highest BCUT2D eigenvalue weighted by atomic mass is 35.5. The first-order valence-electron chi connectivity index (χ1n) is 7.83. The number of ether oxygens (including phenoxy) is 2. The number of thioether (sulfide) groups is 1. The first-order valence-corrected chi connectivity index (χ1v) is 9.58. The molecule has 0 atom stereocenters. The second-order valence-electron chi connectivity index (χ2n) is 5.43. The van der Waals surface area contributed by atoms with Crippen molar-refractivity contribution in [3.63, 3.8) is 0 Å². The van der Waals surface area contributed by atoms with Gasteiger partial charge >= 0.3 is 0 Å². The van der Waals surface area contributed by atoms with Gasteiger partial charge in [-0.05, 0) is 41.5 Å². The molecule has 2 aromatic rings. The molecule has 1 aliphatic heterocycles. The van der Waals surface area contributed by atoms with Gasteiger partial charge in [-0.1, -0.05) is 41.0 Å². The highest BCUT2D eigenvalue weighted by Gasteiger charge is 2.16. The third-order valence-corrected chi connectivity index (χ3v) is 5.11. The molecule has 9 heteroatoms. The van der Waals surface area contributed by atoms with Crippen LogP contribution in [0.1, 0.15) is 11.1 Å². The predicted octanol–water partition coefficient (Wildman–Crippen LogP) is 4.13. The van der Waals surface area contributed by atoms with E-state index in [1.165, 1.54) is 11.8 Å². The van der Waals surface area contributed by atoms with Gasteiger partial charge in [0.05, 0.1) is 29.1 Å². The van der Waals surface area contributed by atoms with Crippen molar-refractivity contribution < 1.29 is 14.3 Å². The van der Waals surface area contributed by atoms with Crippen molar-refractivity contribution in [2.24, 2.45) is 10.2 Å². The van der Waals surface area contributed by atoms with E-state index in [1.807, 2.05) is 12.1 Å². The molecule has 1 amide bonds. The molecule has 0 bridgehead atoms. The fourth-order valence-corrected chi connectivity index (χ4v) is 3.15. The van der Waals surface area contributed by atoms with E-state index < -0.39 is 0 Å². The monoisotopic (exact) mass is 423 g/mol. The van der Waals surface area contributed by atoms with E-state index in [-0.39, 0.29) is 5.91 Å². The van der Waals surface area contributed by atoms with Gasteiger partial charge in [-0.25, -0.2) is 0 Å². The number of carbonyl (C=O) groups excluding carboxylic acids is 1. The second-order valence-corrected chi connectivity index (χ2v) is 7.21. The molecule has 1 aliphatic rings. The number of rotatable bonds is 6. The number of hydrogen-bond donors (Lipinski definition) is 1. The number of methoxy groups -OCH3 is 1. The number of carbonyl (C=O) groups is 1. The van der Waals surface area contributed by atoms with Crippen LogP contribution in [-0.4, -0.2) is 30.2 Å². The molecule has 3 rings (SSSR count). The van der Waals surface area contributed by atoms with Crippen LogP contribution in [-0.2, 0) is 11.4 Å². The molecule has 0 saturated carbocycles. The molecule has 0 aliphatic carbocycles. The zero-order valence-corrected chi connectivity index (χ0v) is 16.6. The molecular weight excluding hydrogens is 409 g/mol. The minimum Gasteiger partial charge on any atom is -0.493 e. The van der Waals surface area contributed by atoms with E-state index in [4.69, 9.17) is 32.7 Å². The summed E-state index contributed by atoms with van der Waals surface area (Å²) in [6.45, 7) is 0.325. The summed E-state index contributed by atoms with van der Waals surface area (Å²) in [5, 5.41) is 12.0. The van der Waals surface area contributed by atoms with Crippen LogP contribution in [0.5, 0.6) is 11.5 Å². The summed E-state index contributed by atoms with van der Waals surface area (Å²) in [7, 11) is 1.56. The van der Waals surface area contributed by atoms with Gasteiger partial charge < -0.3 is 14.8 Å². The van der Waals surface area contributed by atoms with Crippen molar-refractivity contribution >= 4 is 52.3 Å². The maximum Gasteiger partial charge on any atom is 0.236 e. The number of nitrogens with one attached hydrogen (secondary N) is 1. The standard InChI is InChI=1S/C18H15Cl2N3O3S/c1-25-16-7-11(8-21-23-18-22-17(24)10-27-18)3-5-15(16)26-9-12-2-4-13(19)14(20)6-12/h2-8H,9-10H2,1H3,(H,22,23,24). The molecule has 140 valence electrons. The Kier molecular flexibility index (Phi) is 6.60. The highest BCUT2D eigenvalue weighted by molar-refractivity contribution is 8.15. The van der Waals surface area contributed by atoms with Crippen molar-refractivity contribution in [1.29, 1.82) is 0 Å². The van der Waals surface area contributed by atoms with Crippen LogP contribution in [0.25, 0.3) is 0 Å². The van der Waals surface area contributed by atoms with Crippen LogP contribution in [0.2, 0.25) is 10.0 Å². The minimum atomic E-state index is -0.0703. The largest absolute Gasteiger partial charge is 0.493 e. The van der Waals surface area contributed by atoms with Gasteiger partial charge in [0.2, 0.25) is 5.91 Å². The minimum absolute atomic E-state index is 0.0703. The number of nitrogens with zero attached hydrogens (tertiary/aromatic N) is 2. The Hall–Kier alpha value is -2.22. The van der Waals surface area contributed by atoms with E-state index in [1.54, 1.807) is 37.6 Å². The van der Waals surface area contributed by atoms with Gasteiger partial charge in [0.15, 0.2) is 16.7 Å². The molecule has 0 spiro atoms. The molecule has 2 aromatic carbocycles. The lowest BCUT2D eigenvalue weighted by Crippen LogP contribution is -2.19. The van der Waals surface area contributed by atoms with Gasteiger partial charge in [-0.15, -0.1) is 5.10 Å². The topological polar surface area (TPSA) is 72.3 Å². The van der Waals surface area contributed by atoms with E-state index in [9.17, 15) is 4.79 Å². The molecule has 1 fully saturated rings. The number of hydrogen-bond acceptors (Lipinski definition) is 6. The Bertz CT molecular complexity index is 919. The maximum atomic E-state index is 11.1. The first-order chi connectivity index (χ1) is 13.0. The zero-order valence-electron chi connectivity index (χ0n) is 14.2. The Morgan fingerprint density at radius 3 is 2.74 bits per heavy atom. The summed E-state index contributed by atoms with van der Waals surface area (Å²) >= 11 is 13.2. The number of amidine groups is 1. The second kappa shape index (κ2) is 9.12. The maximum absolute atomic E-state index is 11.1. The average molecular weight is 424 g/mol. The molecule has 1 N–H and O–H groups in total. The Balaban J connectivity index is 1.66. The summed E-state index contributed by atoms with van der Waals surface area (Å²) in [6.07, 6.45) is 1.57. The van der Waals surface area contributed by atoms with Crippen LogP contribution in [0.15, 0.2) is 46.6 Å². The lowest BCUT2D eigenvalue weighted by Gasteiger charge is -2.11. The van der Waals surface area contributed by atoms with Crippen LogP contribution in [0.4, 0.5) is 0 Å². The quantitative estimate of drug-likeness (QED) is 0.559. The van der Waals surface area contributed by atoms with Crippen LogP contribution >= 0.6 is 35.0 Å². The Morgan fingerprint density at radius 1 is 1.19 bits per heavy atom. The molecule has 0 aromatic heterocycles. The molecule has 1 heterocycles. The summed E-state index contributed by atoms with van der Waals surface area (Å²) in [5.41, 5.74) is 1.68. The lowest BCUT2D eigenvalue weighted by atomic mass is 10.2. The summed E-state index contributed by atoms with van der Waals surface area (Å²) in [5.74, 6) is 1.45. The van der Waals surface area contributed by atoms with Crippen molar-refractivity contribution in [3.8, 4) is 11.5 Å². The molecular formula is C18H15Cl2N3O3S. The number of amides is 1. The van der Waals surface area contributed by atoms with Crippen molar-refractivity contribution in [1.82, 2.24) is 5.32 Å². The van der Waals surface area contributed by atoms with E-state index in [0.29, 0.717) is 39.1 Å². The van der Waals surface area contributed by atoms with E-state index in [2.05, 4.69) is 15.5 Å². The highest BCUT2D eigenvalue weighted by Crippen LogP contribution is 2.29. The lowest BCUT2D eigenvalue weighted by molar-refractivity contribution is -0.116. The van der Waals surface area contributed by atoms with E-state index >= 15 is 0 Å². The summed E-state index contributed by atoms with van der Waals surface area (Å²) < 4.78 is 11.2. The third kappa shape index (κ3) is 5.38. The first kappa shape index (κ1) is 19.5. The fourth-order valence-electron chi connectivity index (χ4n) is 2.20. The Morgan fingerprint density at radius 2 is 2.04 bits per heavy atom. The third-order valence-electron chi connectivity index (χ3n) is 3.51. The number of benzene rings is 2. The summed E-state index contributed by atoms with van der Waals surface area (Å²) in [6, 6.07) is 10.7. The predicted molar refractivity (Wildman–Crippen MR) is 109 cm³/mol. The van der Waals surface area contributed by atoms with Crippen LogP contribution < -0.4 is 14.8 Å². The summed E-state index contributed by atoms with van der Waals surface area (Å²) in [4.78, 5) is 11.1. The molecule has 0 unspecified atom stereocenters. The van der Waals surface area contributed by atoms with Gasteiger partial charge in [0.25, 0.3) is 0 Å². The van der Waals surface area contributed by atoms with Crippen LogP contribution in [0, 0.1) is 0 Å². The smallest absolute Gasteiger partial charge is 0.236 e. The molecule has 0 radical (unpaired) electrons. The molecule has 6 nitrogen and oxygen atoms in total. The zero-order chi connectivity index (χ0) is 19.2. The average Bonchev–Trinajstić information content (AvgIpc) is 3.08. The van der Waals surface area contributed by atoms with Crippen molar-refractivity contribution in [3.05, 3.63) is 57.6 Å². The molecule has 1 saturated heterocycles. The normalized spacial score (nSPS) is 15.4. The Labute approximate surface area is 170 Å². The fraction of sp³-hybridized carbons (Fsp3) is 0.167. The van der Waals surface area contributed by atoms with Crippen molar-refractivity contribution in [2.75, 3.05) is 12.9 Å².